The molecule has 0 saturated carbocycles. The summed E-state index contributed by atoms with van der Waals surface area (Å²) >= 11 is 0. The van der Waals surface area contributed by atoms with Crippen molar-refractivity contribution in [1.29, 1.82) is 0 Å². The fourth-order valence-corrected chi connectivity index (χ4v) is 2.22. The fourth-order valence-electron chi connectivity index (χ4n) is 2.22. The van der Waals surface area contributed by atoms with E-state index in [2.05, 4.69) is 20.7 Å². The fraction of sp³-hybridized carbons (Fsp3) is 0.800. The first-order valence-electron chi connectivity index (χ1n) is 7.78. The maximum Gasteiger partial charge on any atom is 0.407 e. The van der Waals surface area contributed by atoms with Crippen LogP contribution in [0.25, 0.3) is 0 Å². The Morgan fingerprint density at radius 1 is 1.26 bits per heavy atom. The van der Waals surface area contributed by atoms with Gasteiger partial charge in [0.25, 0.3) is 0 Å². The van der Waals surface area contributed by atoms with Crippen LogP contribution in [0.2, 0.25) is 0 Å². The molecular weight excluding hydrogens is 302 g/mol. The van der Waals surface area contributed by atoms with E-state index in [9.17, 15) is 14.4 Å². The van der Waals surface area contributed by atoms with E-state index in [1.807, 2.05) is 0 Å². The Bertz CT molecular complexity index is 433. The molecular formula is C15H27N3O5. The molecule has 1 saturated heterocycles. The van der Waals surface area contributed by atoms with Crippen LogP contribution in [0.1, 0.15) is 40.0 Å². The Balaban J connectivity index is 2.14. The standard InChI is InChI=1S/C15H27N3O5/c1-15(2,3)23-14(21)16-7-5-6-12(19)18-10-8-11(17-9-10)13(20)22-4/h10-11,17H,5-9H2,1-4H3,(H,16,21)(H,18,19)/t10-,11-/m0/s1. The lowest BCUT2D eigenvalue weighted by Crippen LogP contribution is -2.37. The summed E-state index contributed by atoms with van der Waals surface area (Å²) in [6, 6.07) is -0.440. The van der Waals surface area contributed by atoms with Gasteiger partial charge in [-0.25, -0.2) is 4.79 Å². The van der Waals surface area contributed by atoms with Crippen LogP contribution >= 0.6 is 0 Å². The molecule has 1 rings (SSSR count). The molecule has 8 heteroatoms. The average Bonchev–Trinajstić information content (AvgIpc) is 2.89. The zero-order chi connectivity index (χ0) is 17.5. The van der Waals surface area contributed by atoms with Crippen LogP contribution < -0.4 is 16.0 Å². The number of nitrogens with one attached hydrogen (secondary N) is 3. The van der Waals surface area contributed by atoms with E-state index in [4.69, 9.17) is 4.74 Å². The number of alkyl carbamates (subject to hydrolysis) is 1. The van der Waals surface area contributed by atoms with E-state index >= 15 is 0 Å². The van der Waals surface area contributed by atoms with Gasteiger partial charge in [0, 0.05) is 25.6 Å². The van der Waals surface area contributed by atoms with Gasteiger partial charge in [-0.1, -0.05) is 0 Å². The summed E-state index contributed by atoms with van der Waals surface area (Å²) < 4.78 is 9.75. The molecule has 1 heterocycles. The second kappa shape index (κ2) is 8.71. The van der Waals surface area contributed by atoms with Crippen LogP contribution in [0.15, 0.2) is 0 Å². The van der Waals surface area contributed by atoms with Gasteiger partial charge < -0.3 is 25.4 Å². The van der Waals surface area contributed by atoms with E-state index < -0.39 is 11.7 Å². The maximum absolute atomic E-state index is 11.8. The summed E-state index contributed by atoms with van der Waals surface area (Å²) in [5, 5.41) is 8.47. The quantitative estimate of drug-likeness (QED) is 0.478. The largest absolute Gasteiger partial charge is 0.468 e. The summed E-state index contributed by atoms with van der Waals surface area (Å²) in [4.78, 5) is 34.6. The SMILES string of the molecule is COC(=O)[C@@H]1C[C@H](NC(=O)CCCNC(=O)OC(C)(C)C)CN1. The van der Waals surface area contributed by atoms with Crippen LogP contribution in [-0.4, -0.2) is 55.9 Å². The highest BCUT2D eigenvalue weighted by atomic mass is 16.6. The van der Waals surface area contributed by atoms with E-state index in [1.165, 1.54) is 7.11 Å². The Morgan fingerprint density at radius 3 is 2.57 bits per heavy atom. The van der Waals surface area contributed by atoms with E-state index in [-0.39, 0.29) is 24.0 Å². The molecule has 0 radical (unpaired) electrons. The first-order chi connectivity index (χ1) is 10.7. The number of hydrogen-bond donors (Lipinski definition) is 3. The lowest BCUT2D eigenvalue weighted by molar-refractivity contribution is -0.142. The van der Waals surface area contributed by atoms with Gasteiger partial charge in [0.15, 0.2) is 0 Å². The zero-order valence-electron chi connectivity index (χ0n) is 14.2. The van der Waals surface area contributed by atoms with Crippen molar-refractivity contribution in [2.75, 3.05) is 20.2 Å². The number of methoxy groups -OCH3 is 1. The van der Waals surface area contributed by atoms with Crippen molar-refractivity contribution in [3.05, 3.63) is 0 Å². The lowest BCUT2D eigenvalue weighted by atomic mass is 10.1. The molecule has 2 amide bonds. The summed E-state index contributed by atoms with van der Waals surface area (Å²) in [5.74, 6) is -0.420. The molecule has 2 atom stereocenters. The first kappa shape index (κ1) is 19.2. The Kier molecular flexibility index (Phi) is 7.28. The van der Waals surface area contributed by atoms with Crippen molar-refractivity contribution in [1.82, 2.24) is 16.0 Å². The maximum atomic E-state index is 11.8. The highest BCUT2D eigenvalue weighted by Gasteiger charge is 2.30. The topological polar surface area (TPSA) is 106 Å². The monoisotopic (exact) mass is 329 g/mol. The van der Waals surface area contributed by atoms with E-state index in [0.29, 0.717) is 32.4 Å². The minimum absolute atomic E-state index is 0.0783. The van der Waals surface area contributed by atoms with E-state index in [1.54, 1.807) is 20.8 Å². The molecule has 0 bridgehead atoms. The van der Waals surface area contributed by atoms with Crippen LogP contribution in [0.3, 0.4) is 0 Å². The summed E-state index contributed by atoms with van der Waals surface area (Å²) in [5.41, 5.74) is -0.535. The molecule has 1 fully saturated rings. The highest BCUT2D eigenvalue weighted by Crippen LogP contribution is 2.09. The van der Waals surface area contributed by atoms with Crippen molar-refractivity contribution < 1.29 is 23.9 Å². The zero-order valence-corrected chi connectivity index (χ0v) is 14.2. The number of ether oxygens (including phenoxy) is 2. The number of esters is 1. The molecule has 1 aliphatic rings. The van der Waals surface area contributed by atoms with Crippen LogP contribution in [0, 0.1) is 0 Å². The summed E-state index contributed by atoms with van der Waals surface area (Å²) in [6.45, 7) is 6.28. The molecule has 0 spiro atoms. The molecule has 0 aromatic carbocycles. The van der Waals surface area contributed by atoms with Gasteiger partial charge in [0.05, 0.1) is 7.11 Å². The summed E-state index contributed by atoms with van der Waals surface area (Å²) in [6.07, 6.45) is 0.855. The third-order valence-electron chi connectivity index (χ3n) is 3.23. The normalized spacial score (nSPS) is 20.7. The van der Waals surface area contributed by atoms with Gasteiger partial charge in [0.1, 0.15) is 11.6 Å². The molecule has 3 N–H and O–H groups in total. The first-order valence-corrected chi connectivity index (χ1v) is 7.78. The predicted molar refractivity (Wildman–Crippen MR) is 83.8 cm³/mol. The summed E-state index contributed by atoms with van der Waals surface area (Å²) in [7, 11) is 1.34. The van der Waals surface area contributed by atoms with Gasteiger partial charge >= 0.3 is 12.1 Å². The molecule has 132 valence electrons. The lowest BCUT2D eigenvalue weighted by Gasteiger charge is -2.19. The van der Waals surface area contributed by atoms with Gasteiger partial charge in [0.2, 0.25) is 5.91 Å². The van der Waals surface area contributed by atoms with Gasteiger partial charge in [-0.2, -0.15) is 0 Å². The number of rotatable bonds is 6. The van der Waals surface area contributed by atoms with Crippen molar-refractivity contribution in [2.45, 2.75) is 57.7 Å². The van der Waals surface area contributed by atoms with Crippen molar-refractivity contribution in [3.8, 4) is 0 Å². The van der Waals surface area contributed by atoms with Crippen molar-refractivity contribution >= 4 is 18.0 Å². The number of carbonyl (C=O) groups excluding carboxylic acids is 3. The number of carbonyl (C=O) groups is 3. The average molecular weight is 329 g/mol. The molecule has 0 aliphatic carbocycles. The van der Waals surface area contributed by atoms with Crippen LogP contribution in [-0.2, 0) is 19.1 Å². The van der Waals surface area contributed by atoms with Gasteiger partial charge in [-0.05, 0) is 33.6 Å². The molecule has 0 unspecified atom stereocenters. The molecule has 8 nitrogen and oxygen atoms in total. The van der Waals surface area contributed by atoms with E-state index in [0.717, 1.165) is 0 Å². The highest BCUT2D eigenvalue weighted by molar-refractivity contribution is 5.78. The van der Waals surface area contributed by atoms with Crippen molar-refractivity contribution in [3.63, 3.8) is 0 Å². The minimum atomic E-state index is -0.535. The van der Waals surface area contributed by atoms with Crippen LogP contribution in [0.4, 0.5) is 4.79 Å². The van der Waals surface area contributed by atoms with Crippen molar-refractivity contribution in [2.24, 2.45) is 0 Å². The second-order valence-electron chi connectivity index (χ2n) is 6.52. The smallest absolute Gasteiger partial charge is 0.407 e. The third-order valence-corrected chi connectivity index (χ3v) is 3.23. The van der Waals surface area contributed by atoms with Gasteiger partial charge in [-0.15, -0.1) is 0 Å². The Morgan fingerprint density at radius 2 is 1.96 bits per heavy atom. The third kappa shape index (κ3) is 7.83. The van der Waals surface area contributed by atoms with Crippen LogP contribution in [0.5, 0.6) is 0 Å². The molecule has 0 aromatic rings. The Labute approximate surface area is 136 Å². The Hall–Kier alpha value is -1.83. The number of amides is 2. The van der Waals surface area contributed by atoms with Gasteiger partial charge in [-0.3, -0.25) is 9.59 Å². The molecule has 0 aromatic heterocycles. The molecule has 23 heavy (non-hydrogen) atoms. The molecule has 1 aliphatic heterocycles. The minimum Gasteiger partial charge on any atom is -0.468 e. The second-order valence-corrected chi connectivity index (χ2v) is 6.52. The number of hydrogen-bond acceptors (Lipinski definition) is 6. The predicted octanol–water partition coefficient (Wildman–Crippen LogP) is 0.311.